The van der Waals surface area contributed by atoms with Crippen LogP contribution in [0.25, 0.3) is 0 Å². The van der Waals surface area contributed by atoms with Crippen molar-refractivity contribution in [2.24, 2.45) is 0 Å². The summed E-state index contributed by atoms with van der Waals surface area (Å²) in [5.41, 5.74) is 2.28. The van der Waals surface area contributed by atoms with Gasteiger partial charge in [0.25, 0.3) is 0 Å². The summed E-state index contributed by atoms with van der Waals surface area (Å²) >= 11 is 7.70. The lowest BCUT2D eigenvalue weighted by Crippen LogP contribution is -2.05. The van der Waals surface area contributed by atoms with Gasteiger partial charge in [0.05, 0.1) is 5.88 Å². The van der Waals surface area contributed by atoms with Gasteiger partial charge in [-0.25, -0.2) is 0 Å². The quantitative estimate of drug-likeness (QED) is 0.620. The van der Waals surface area contributed by atoms with Crippen LogP contribution in [0.15, 0.2) is 18.2 Å². The Morgan fingerprint density at radius 3 is 2.85 bits per heavy atom. The molecule has 0 heterocycles. The molecule has 0 N–H and O–H groups in total. The number of hydrogen-bond acceptors (Lipinski definition) is 1. The fourth-order valence-electron chi connectivity index (χ4n) is 1.10. The number of rotatable bonds is 3. The Morgan fingerprint density at radius 1 is 1.54 bits per heavy atom. The molecule has 1 nitrogen and oxygen atoms in total. The molecule has 0 aliphatic carbocycles. The topological polar surface area (TPSA) is 17.1 Å². The smallest absolute Gasteiger partial charge is 0.151 e. The number of halogens is 2. The van der Waals surface area contributed by atoms with Gasteiger partial charge in [0, 0.05) is 9.99 Å². The largest absolute Gasteiger partial charge is 0.298 e. The Balaban J connectivity index is 2.89. The lowest BCUT2D eigenvalue weighted by atomic mass is 10.1. The molecule has 0 bridgehead atoms. The van der Waals surface area contributed by atoms with E-state index in [2.05, 4.69) is 22.6 Å². The summed E-state index contributed by atoms with van der Waals surface area (Å²) in [5.74, 6) is 0.175. The van der Waals surface area contributed by atoms with Gasteiger partial charge < -0.3 is 0 Å². The van der Waals surface area contributed by atoms with E-state index in [1.165, 1.54) is 9.13 Å². The van der Waals surface area contributed by atoms with Gasteiger partial charge in [0.15, 0.2) is 5.78 Å². The lowest BCUT2D eigenvalue weighted by Gasteiger charge is -2.04. The van der Waals surface area contributed by atoms with Crippen molar-refractivity contribution < 1.29 is 4.79 Å². The molecule has 0 aliphatic heterocycles. The molecule has 0 aromatic heterocycles. The van der Waals surface area contributed by atoms with Gasteiger partial charge in [-0.3, -0.25) is 4.79 Å². The van der Waals surface area contributed by atoms with Gasteiger partial charge in [0.2, 0.25) is 0 Å². The van der Waals surface area contributed by atoms with E-state index in [1.807, 2.05) is 25.1 Å². The number of aryl methyl sites for hydroxylation is 1. The van der Waals surface area contributed by atoms with Gasteiger partial charge >= 0.3 is 0 Å². The molecule has 1 aromatic rings. The van der Waals surface area contributed by atoms with Crippen molar-refractivity contribution in [1.82, 2.24) is 0 Å². The predicted molar refractivity (Wildman–Crippen MR) is 63.3 cm³/mol. The Morgan fingerprint density at radius 2 is 2.23 bits per heavy atom. The molecule has 0 spiro atoms. The summed E-state index contributed by atoms with van der Waals surface area (Å²) in [6.45, 7) is 2.04. The van der Waals surface area contributed by atoms with Gasteiger partial charge in [-0.15, -0.1) is 11.6 Å². The molecular formula is C10H10ClIO. The molecule has 0 aliphatic rings. The molecule has 0 unspecified atom stereocenters. The van der Waals surface area contributed by atoms with Crippen LogP contribution in [0, 0.1) is 10.5 Å². The summed E-state index contributed by atoms with van der Waals surface area (Å²) in [6, 6.07) is 5.98. The number of hydrogen-bond donors (Lipinski definition) is 0. The Kier molecular flexibility index (Phi) is 4.19. The van der Waals surface area contributed by atoms with E-state index < -0.39 is 0 Å². The third kappa shape index (κ3) is 2.95. The number of Topliss-reactive ketones (excluding diaryl/α,β-unsaturated/α-hetero) is 1. The van der Waals surface area contributed by atoms with Crippen molar-refractivity contribution in [3.05, 3.63) is 32.9 Å². The summed E-state index contributed by atoms with van der Waals surface area (Å²) in [7, 11) is 0. The number of carbonyl (C=O) groups is 1. The Labute approximate surface area is 96.6 Å². The van der Waals surface area contributed by atoms with Crippen LogP contribution >= 0.6 is 34.2 Å². The maximum atomic E-state index is 11.1. The highest BCUT2D eigenvalue weighted by Crippen LogP contribution is 2.17. The molecule has 0 fully saturated rings. The zero-order chi connectivity index (χ0) is 9.84. The van der Waals surface area contributed by atoms with Gasteiger partial charge in [-0.2, -0.15) is 0 Å². The van der Waals surface area contributed by atoms with Crippen molar-refractivity contribution in [3.63, 3.8) is 0 Å². The van der Waals surface area contributed by atoms with Crippen LogP contribution in [-0.2, 0) is 11.2 Å². The fourth-order valence-corrected chi connectivity index (χ4v) is 1.75. The second kappa shape index (κ2) is 4.96. The average Bonchev–Trinajstić information content (AvgIpc) is 2.13. The second-order valence-electron chi connectivity index (χ2n) is 2.90. The van der Waals surface area contributed by atoms with Crippen LogP contribution in [-0.4, -0.2) is 11.7 Å². The summed E-state index contributed by atoms with van der Waals surface area (Å²) in [6.07, 6.45) is 0.448. The van der Waals surface area contributed by atoms with E-state index in [9.17, 15) is 4.79 Å². The van der Waals surface area contributed by atoms with Crippen molar-refractivity contribution in [2.75, 3.05) is 5.88 Å². The van der Waals surface area contributed by atoms with Crippen LogP contribution in [0.5, 0.6) is 0 Å². The van der Waals surface area contributed by atoms with E-state index in [-0.39, 0.29) is 11.7 Å². The molecule has 70 valence electrons. The van der Waals surface area contributed by atoms with Crippen molar-refractivity contribution in [1.29, 1.82) is 0 Å². The van der Waals surface area contributed by atoms with E-state index >= 15 is 0 Å². The minimum Gasteiger partial charge on any atom is -0.298 e. The first-order chi connectivity index (χ1) is 6.15. The minimum atomic E-state index is 0.0742. The normalized spacial score (nSPS) is 10.1. The zero-order valence-electron chi connectivity index (χ0n) is 7.31. The first-order valence-electron chi connectivity index (χ1n) is 3.97. The molecule has 1 aromatic carbocycles. The van der Waals surface area contributed by atoms with Crippen LogP contribution in [0.4, 0.5) is 0 Å². The van der Waals surface area contributed by atoms with Crippen LogP contribution in [0.2, 0.25) is 0 Å². The second-order valence-corrected chi connectivity index (χ2v) is 4.24. The SMILES string of the molecule is Cc1cccc(CC(=O)CCl)c1I. The van der Waals surface area contributed by atoms with Crippen LogP contribution < -0.4 is 0 Å². The van der Waals surface area contributed by atoms with Crippen LogP contribution in [0.3, 0.4) is 0 Å². The van der Waals surface area contributed by atoms with Crippen molar-refractivity contribution in [2.45, 2.75) is 13.3 Å². The standard InChI is InChI=1S/C10H10ClIO/c1-7-3-2-4-8(10(7)12)5-9(13)6-11/h2-4H,5-6H2,1H3. The summed E-state index contributed by atoms with van der Waals surface area (Å²) in [5, 5.41) is 0. The highest BCUT2D eigenvalue weighted by atomic mass is 127. The number of benzene rings is 1. The molecule has 0 atom stereocenters. The highest BCUT2D eigenvalue weighted by Gasteiger charge is 2.06. The number of carbonyl (C=O) groups excluding carboxylic acids is 1. The summed E-state index contributed by atoms with van der Waals surface area (Å²) < 4.78 is 1.17. The van der Waals surface area contributed by atoms with Crippen molar-refractivity contribution in [3.8, 4) is 0 Å². The molecule has 3 heteroatoms. The van der Waals surface area contributed by atoms with E-state index in [4.69, 9.17) is 11.6 Å². The zero-order valence-corrected chi connectivity index (χ0v) is 10.2. The monoisotopic (exact) mass is 308 g/mol. The Hall–Kier alpha value is -0.0900. The molecule has 0 radical (unpaired) electrons. The molecule has 13 heavy (non-hydrogen) atoms. The van der Waals surface area contributed by atoms with E-state index in [0.717, 1.165) is 5.56 Å². The molecule has 0 saturated carbocycles. The number of ketones is 1. The first kappa shape index (κ1) is 11.0. The minimum absolute atomic E-state index is 0.0742. The molecular weight excluding hydrogens is 298 g/mol. The van der Waals surface area contributed by atoms with Crippen molar-refractivity contribution >= 4 is 40.0 Å². The third-order valence-corrected chi connectivity index (χ3v) is 3.65. The maximum absolute atomic E-state index is 11.1. The first-order valence-corrected chi connectivity index (χ1v) is 5.58. The van der Waals surface area contributed by atoms with E-state index in [0.29, 0.717) is 6.42 Å². The summed E-state index contributed by atoms with van der Waals surface area (Å²) in [4.78, 5) is 11.1. The van der Waals surface area contributed by atoms with E-state index in [1.54, 1.807) is 0 Å². The maximum Gasteiger partial charge on any atom is 0.151 e. The third-order valence-electron chi connectivity index (χ3n) is 1.81. The molecule has 0 amide bonds. The Bertz CT molecular complexity index is 323. The predicted octanol–water partition coefficient (Wildman–Crippen LogP) is 2.95. The van der Waals surface area contributed by atoms with Gasteiger partial charge in [-0.05, 0) is 40.6 Å². The van der Waals surface area contributed by atoms with Gasteiger partial charge in [-0.1, -0.05) is 18.2 Å². The highest BCUT2D eigenvalue weighted by molar-refractivity contribution is 14.1. The number of alkyl halides is 1. The van der Waals surface area contributed by atoms with Crippen LogP contribution in [0.1, 0.15) is 11.1 Å². The molecule has 1 rings (SSSR count). The fraction of sp³-hybridized carbons (Fsp3) is 0.300. The average molecular weight is 309 g/mol. The molecule has 0 saturated heterocycles. The lowest BCUT2D eigenvalue weighted by molar-refractivity contribution is -0.116. The van der Waals surface area contributed by atoms with Gasteiger partial charge in [0.1, 0.15) is 0 Å².